The van der Waals surface area contributed by atoms with Crippen molar-refractivity contribution in [1.82, 2.24) is 0 Å². The minimum Gasteiger partial charge on any atom is -0.493 e. The molecular formula is C11H12O2S. The van der Waals surface area contributed by atoms with Crippen LogP contribution in [0, 0.1) is 6.92 Å². The first-order valence-corrected chi connectivity index (χ1v) is 5.24. The Labute approximate surface area is 87.1 Å². The Kier molecular flexibility index (Phi) is 2.33. The van der Waals surface area contributed by atoms with Crippen LogP contribution in [0.4, 0.5) is 0 Å². The van der Waals surface area contributed by atoms with Crippen molar-refractivity contribution < 1.29 is 9.47 Å². The molecule has 3 heteroatoms. The third-order valence-electron chi connectivity index (χ3n) is 2.35. The van der Waals surface area contributed by atoms with Crippen LogP contribution in [-0.4, -0.2) is 14.2 Å². The Morgan fingerprint density at radius 1 is 1.21 bits per heavy atom. The summed E-state index contributed by atoms with van der Waals surface area (Å²) in [5.41, 5.74) is 1.14. The van der Waals surface area contributed by atoms with Crippen molar-refractivity contribution in [2.24, 2.45) is 0 Å². The Morgan fingerprint density at radius 3 is 2.64 bits per heavy atom. The molecule has 2 aromatic rings. The van der Waals surface area contributed by atoms with Gasteiger partial charge in [0.05, 0.1) is 14.2 Å². The minimum absolute atomic E-state index is 0.806. The van der Waals surface area contributed by atoms with Crippen molar-refractivity contribution in [3.8, 4) is 11.5 Å². The van der Waals surface area contributed by atoms with Crippen molar-refractivity contribution in [2.75, 3.05) is 14.2 Å². The van der Waals surface area contributed by atoms with E-state index in [1.54, 1.807) is 25.6 Å². The number of rotatable bonds is 2. The lowest BCUT2D eigenvalue weighted by Crippen LogP contribution is -1.92. The van der Waals surface area contributed by atoms with Gasteiger partial charge in [0.1, 0.15) is 0 Å². The maximum Gasteiger partial charge on any atom is 0.164 e. The van der Waals surface area contributed by atoms with E-state index in [0.717, 1.165) is 17.1 Å². The molecule has 0 aliphatic rings. The molecular weight excluding hydrogens is 196 g/mol. The monoisotopic (exact) mass is 208 g/mol. The summed E-state index contributed by atoms with van der Waals surface area (Å²) in [5, 5.41) is 3.32. The number of hydrogen-bond donors (Lipinski definition) is 0. The first kappa shape index (κ1) is 9.34. The average molecular weight is 208 g/mol. The molecule has 0 atom stereocenters. The SMILES string of the molecule is COc1cc2sccc2c(C)c1OC. The zero-order chi connectivity index (χ0) is 10.1. The van der Waals surface area contributed by atoms with E-state index in [0.29, 0.717) is 0 Å². The fraction of sp³-hybridized carbons (Fsp3) is 0.273. The van der Waals surface area contributed by atoms with Crippen LogP contribution in [0.1, 0.15) is 5.56 Å². The number of fused-ring (bicyclic) bond motifs is 1. The van der Waals surface area contributed by atoms with Gasteiger partial charge in [-0.2, -0.15) is 0 Å². The van der Waals surface area contributed by atoms with Gasteiger partial charge in [0.15, 0.2) is 11.5 Å². The molecule has 0 bridgehead atoms. The summed E-state index contributed by atoms with van der Waals surface area (Å²) in [7, 11) is 3.33. The molecule has 0 N–H and O–H groups in total. The zero-order valence-corrected chi connectivity index (χ0v) is 9.27. The summed E-state index contributed by atoms with van der Waals surface area (Å²) in [6.07, 6.45) is 0. The van der Waals surface area contributed by atoms with E-state index >= 15 is 0 Å². The summed E-state index contributed by atoms with van der Waals surface area (Å²) in [6.45, 7) is 2.05. The van der Waals surface area contributed by atoms with Crippen molar-refractivity contribution in [3.05, 3.63) is 23.1 Å². The summed E-state index contributed by atoms with van der Waals surface area (Å²) in [5.74, 6) is 1.64. The summed E-state index contributed by atoms with van der Waals surface area (Å²) in [4.78, 5) is 0. The van der Waals surface area contributed by atoms with E-state index in [9.17, 15) is 0 Å². The topological polar surface area (TPSA) is 18.5 Å². The number of aryl methyl sites for hydroxylation is 1. The van der Waals surface area contributed by atoms with E-state index < -0.39 is 0 Å². The fourth-order valence-electron chi connectivity index (χ4n) is 1.64. The van der Waals surface area contributed by atoms with E-state index in [1.165, 1.54) is 10.1 Å². The van der Waals surface area contributed by atoms with Crippen LogP contribution in [0.5, 0.6) is 11.5 Å². The van der Waals surface area contributed by atoms with Gasteiger partial charge in [-0.1, -0.05) is 0 Å². The molecule has 0 saturated carbocycles. The molecule has 0 fully saturated rings. The smallest absolute Gasteiger partial charge is 0.164 e. The van der Waals surface area contributed by atoms with E-state index in [-0.39, 0.29) is 0 Å². The Balaban J connectivity index is 2.79. The standard InChI is InChI=1S/C11H12O2S/c1-7-8-4-5-14-10(8)6-9(12-2)11(7)13-3/h4-6H,1-3H3. The molecule has 2 rings (SSSR count). The highest BCUT2D eigenvalue weighted by Gasteiger charge is 2.11. The van der Waals surface area contributed by atoms with E-state index in [2.05, 4.69) is 18.4 Å². The van der Waals surface area contributed by atoms with Gasteiger partial charge in [0.25, 0.3) is 0 Å². The predicted molar refractivity (Wildman–Crippen MR) is 59.7 cm³/mol. The molecule has 2 nitrogen and oxygen atoms in total. The lowest BCUT2D eigenvalue weighted by molar-refractivity contribution is 0.354. The summed E-state index contributed by atoms with van der Waals surface area (Å²) >= 11 is 1.71. The number of benzene rings is 1. The first-order chi connectivity index (χ1) is 6.77. The number of ether oxygens (including phenoxy) is 2. The maximum absolute atomic E-state index is 5.32. The van der Waals surface area contributed by atoms with Crippen LogP contribution < -0.4 is 9.47 Å². The van der Waals surface area contributed by atoms with Gasteiger partial charge in [-0.3, -0.25) is 0 Å². The fourth-order valence-corrected chi connectivity index (χ4v) is 2.51. The van der Waals surface area contributed by atoms with E-state index in [1.807, 2.05) is 6.07 Å². The second-order valence-corrected chi connectivity index (χ2v) is 4.02. The molecule has 0 spiro atoms. The third-order valence-corrected chi connectivity index (χ3v) is 3.21. The van der Waals surface area contributed by atoms with Gasteiger partial charge in [-0.15, -0.1) is 11.3 Å². The highest BCUT2D eigenvalue weighted by Crippen LogP contribution is 2.38. The molecule has 0 amide bonds. The Hall–Kier alpha value is -1.22. The van der Waals surface area contributed by atoms with Gasteiger partial charge in [0.2, 0.25) is 0 Å². The van der Waals surface area contributed by atoms with Crippen molar-refractivity contribution in [2.45, 2.75) is 6.92 Å². The van der Waals surface area contributed by atoms with Crippen molar-refractivity contribution in [1.29, 1.82) is 0 Å². The molecule has 0 aliphatic carbocycles. The Bertz CT molecular complexity index is 460. The molecule has 0 radical (unpaired) electrons. The largest absolute Gasteiger partial charge is 0.493 e. The molecule has 1 heterocycles. The first-order valence-electron chi connectivity index (χ1n) is 4.36. The minimum atomic E-state index is 0.806. The predicted octanol–water partition coefficient (Wildman–Crippen LogP) is 3.23. The van der Waals surface area contributed by atoms with Crippen LogP contribution in [0.2, 0.25) is 0 Å². The lowest BCUT2D eigenvalue weighted by atomic mass is 10.1. The van der Waals surface area contributed by atoms with Crippen LogP contribution in [0.3, 0.4) is 0 Å². The van der Waals surface area contributed by atoms with Crippen molar-refractivity contribution in [3.63, 3.8) is 0 Å². The van der Waals surface area contributed by atoms with E-state index in [4.69, 9.17) is 9.47 Å². The summed E-state index contributed by atoms with van der Waals surface area (Å²) in [6, 6.07) is 4.13. The van der Waals surface area contributed by atoms with Gasteiger partial charge in [-0.05, 0) is 23.8 Å². The lowest BCUT2D eigenvalue weighted by Gasteiger charge is -2.10. The number of thiophene rings is 1. The number of methoxy groups -OCH3 is 2. The van der Waals surface area contributed by atoms with Gasteiger partial charge < -0.3 is 9.47 Å². The maximum atomic E-state index is 5.32. The van der Waals surface area contributed by atoms with Crippen molar-refractivity contribution >= 4 is 21.4 Å². The highest BCUT2D eigenvalue weighted by atomic mass is 32.1. The van der Waals surface area contributed by atoms with Gasteiger partial charge in [0, 0.05) is 16.3 Å². The third kappa shape index (κ3) is 1.24. The quantitative estimate of drug-likeness (QED) is 0.754. The zero-order valence-electron chi connectivity index (χ0n) is 8.46. The molecule has 74 valence electrons. The summed E-state index contributed by atoms with van der Waals surface area (Å²) < 4.78 is 11.8. The molecule has 0 aliphatic heterocycles. The van der Waals surface area contributed by atoms with Crippen LogP contribution in [-0.2, 0) is 0 Å². The van der Waals surface area contributed by atoms with Crippen LogP contribution in [0.25, 0.3) is 10.1 Å². The Morgan fingerprint density at radius 2 is 2.00 bits per heavy atom. The molecule has 1 aromatic heterocycles. The molecule has 14 heavy (non-hydrogen) atoms. The molecule has 0 unspecified atom stereocenters. The second kappa shape index (κ2) is 3.50. The highest BCUT2D eigenvalue weighted by molar-refractivity contribution is 7.17. The second-order valence-electron chi connectivity index (χ2n) is 3.07. The van der Waals surface area contributed by atoms with Crippen LogP contribution >= 0.6 is 11.3 Å². The average Bonchev–Trinajstić information content (AvgIpc) is 2.65. The molecule has 1 aromatic carbocycles. The number of hydrogen-bond acceptors (Lipinski definition) is 3. The van der Waals surface area contributed by atoms with Gasteiger partial charge in [-0.25, -0.2) is 0 Å². The normalized spacial score (nSPS) is 10.5. The van der Waals surface area contributed by atoms with Crippen LogP contribution in [0.15, 0.2) is 17.5 Å². The molecule has 0 saturated heterocycles. The van der Waals surface area contributed by atoms with Gasteiger partial charge >= 0.3 is 0 Å².